The summed E-state index contributed by atoms with van der Waals surface area (Å²) in [5.74, 6) is 0. The van der Waals surface area contributed by atoms with Crippen LogP contribution >= 0.6 is 0 Å². The van der Waals surface area contributed by atoms with Crippen LogP contribution in [0.3, 0.4) is 0 Å². The summed E-state index contributed by atoms with van der Waals surface area (Å²) in [6.07, 6.45) is 0. The van der Waals surface area contributed by atoms with Crippen molar-refractivity contribution in [3.8, 4) is 0 Å². The average molecular weight is 95.2 g/mol. The van der Waals surface area contributed by atoms with Crippen molar-refractivity contribution < 1.29 is 0 Å². The zero-order valence-electron chi connectivity index (χ0n) is 5.50. The topological polar surface area (TPSA) is 0 Å². The summed E-state index contributed by atoms with van der Waals surface area (Å²) in [6, 6.07) is 0. The molecule has 6 heavy (non-hydrogen) atoms. The first-order valence-electron chi connectivity index (χ1n) is 2.00. The third kappa shape index (κ3) is 106. The van der Waals surface area contributed by atoms with Gasteiger partial charge in [-0.1, -0.05) is 26.2 Å². The maximum Gasteiger partial charge on any atom is 0.0411 e. The third-order valence-electron chi connectivity index (χ3n) is 0. The van der Waals surface area contributed by atoms with Gasteiger partial charge in [0.1, 0.15) is 0 Å². The molecule has 0 bridgehead atoms. The Hall–Kier alpha value is 0.814. The zero-order chi connectivity index (χ0) is 4.50. The van der Waals surface area contributed by atoms with Crippen LogP contribution in [0.15, 0.2) is 0 Å². The van der Waals surface area contributed by atoms with Crippen LogP contribution < -0.4 is 0 Å². The Morgan fingerprint density at radius 3 is 0.833 bits per heavy atom. The minimum atomic E-state index is -0.611. The van der Waals surface area contributed by atoms with Crippen molar-refractivity contribution in [2.75, 3.05) is 0 Å². The molecule has 0 aromatic heterocycles. The molecule has 33 valence electrons. The maximum absolute atomic E-state index is 2.33. The van der Waals surface area contributed by atoms with Gasteiger partial charge in [0.15, 0.2) is 0 Å². The second-order valence-electron chi connectivity index (χ2n) is 3.00. The summed E-state index contributed by atoms with van der Waals surface area (Å²) >= 11 is 0. The van der Waals surface area contributed by atoms with Crippen molar-refractivity contribution in [1.82, 2.24) is 0 Å². The number of rotatable bonds is 0. The monoisotopic (exact) mass is 95.1 g/mol. The van der Waals surface area contributed by atoms with E-state index in [0.717, 1.165) is 0 Å². The predicted octanol–water partition coefficient (Wildman–Crippen LogP) is 1.57. The number of hydrogen-bond acceptors (Lipinski definition) is 0. The van der Waals surface area contributed by atoms with E-state index >= 15 is 0 Å². The van der Waals surface area contributed by atoms with Gasteiger partial charge in [-0.2, -0.15) is 0 Å². The van der Waals surface area contributed by atoms with E-state index in [-0.39, 0.29) is 18.9 Å². The SMILES string of the molecule is C[Si](C)(C)C.[Li]. The van der Waals surface area contributed by atoms with Crippen LogP contribution in [0.2, 0.25) is 26.2 Å². The van der Waals surface area contributed by atoms with Crippen LogP contribution in [0.4, 0.5) is 0 Å². The van der Waals surface area contributed by atoms with E-state index in [4.69, 9.17) is 0 Å². The zero-order valence-corrected chi connectivity index (χ0v) is 6.50. The van der Waals surface area contributed by atoms with E-state index in [1.807, 2.05) is 0 Å². The van der Waals surface area contributed by atoms with Crippen LogP contribution in [-0.4, -0.2) is 26.9 Å². The molecule has 0 fully saturated rings. The Kier molecular flexibility index (Phi) is 4.81. The van der Waals surface area contributed by atoms with E-state index in [1.54, 1.807) is 0 Å². The Balaban J connectivity index is 0. The van der Waals surface area contributed by atoms with E-state index in [2.05, 4.69) is 26.2 Å². The Bertz CT molecular complexity index is 23.0. The first kappa shape index (κ1) is 9.94. The van der Waals surface area contributed by atoms with Gasteiger partial charge in [0.25, 0.3) is 0 Å². The van der Waals surface area contributed by atoms with Crippen LogP contribution in [0.25, 0.3) is 0 Å². The summed E-state index contributed by atoms with van der Waals surface area (Å²) in [6.45, 7) is 9.31. The van der Waals surface area contributed by atoms with Crippen molar-refractivity contribution in [1.29, 1.82) is 0 Å². The molecule has 0 rings (SSSR count). The first-order valence-corrected chi connectivity index (χ1v) is 6.00. The van der Waals surface area contributed by atoms with Crippen molar-refractivity contribution in [2.45, 2.75) is 26.2 Å². The van der Waals surface area contributed by atoms with Gasteiger partial charge in [0, 0.05) is 26.9 Å². The predicted molar refractivity (Wildman–Crippen MR) is 35.0 cm³/mol. The van der Waals surface area contributed by atoms with Crippen LogP contribution in [-0.2, 0) is 0 Å². The van der Waals surface area contributed by atoms with Crippen molar-refractivity contribution in [3.63, 3.8) is 0 Å². The molecule has 0 aliphatic heterocycles. The fourth-order valence-electron chi connectivity index (χ4n) is 0. The molecule has 0 saturated heterocycles. The van der Waals surface area contributed by atoms with Gasteiger partial charge in [-0.15, -0.1) is 0 Å². The fraction of sp³-hybridized carbons (Fsp3) is 1.00. The summed E-state index contributed by atoms with van der Waals surface area (Å²) in [5, 5.41) is 0. The molecule has 0 heterocycles. The van der Waals surface area contributed by atoms with E-state index < -0.39 is 8.07 Å². The number of hydrogen-bond donors (Lipinski definition) is 0. The van der Waals surface area contributed by atoms with Gasteiger partial charge in [-0.25, -0.2) is 0 Å². The standard InChI is InChI=1S/C4H12Si.Li/c1-5(2,3)4;/h1-4H3;. The molecule has 0 nitrogen and oxygen atoms in total. The van der Waals surface area contributed by atoms with Gasteiger partial charge in [-0.3, -0.25) is 0 Å². The third-order valence-corrected chi connectivity index (χ3v) is 0. The molecular formula is C4H12LiSi. The van der Waals surface area contributed by atoms with Crippen LogP contribution in [0.5, 0.6) is 0 Å². The average Bonchev–Trinajstić information content (AvgIpc) is 0.722. The molecule has 0 aromatic carbocycles. The minimum Gasteiger partial charge on any atom is -0.0697 e. The molecule has 0 saturated carbocycles. The molecule has 0 unspecified atom stereocenters. The Morgan fingerprint density at radius 2 is 0.833 bits per heavy atom. The first-order chi connectivity index (χ1) is 2.00. The van der Waals surface area contributed by atoms with Crippen molar-refractivity contribution in [2.24, 2.45) is 0 Å². The minimum absolute atomic E-state index is 0. The van der Waals surface area contributed by atoms with Gasteiger partial charge < -0.3 is 0 Å². The van der Waals surface area contributed by atoms with Crippen molar-refractivity contribution in [3.05, 3.63) is 0 Å². The molecule has 0 N–H and O–H groups in total. The van der Waals surface area contributed by atoms with Crippen molar-refractivity contribution >= 4 is 26.9 Å². The van der Waals surface area contributed by atoms with E-state index in [1.165, 1.54) is 0 Å². The molecule has 0 amide bonds. The van der Waals surface area contributed by atoms with Gasteiger partial charge in [-0.05, 0) is 0 Å². The second kappa shape index (κ2) is 2.90. The molecule has 1 radical (unpaired) electrons. The summed E-state index contributed by atoms with van der Waals surface area (Å²) in [5.41, 5.74) is 0. The molecule has 0 aromatic rings. The quantitative estimate of drug-likeness (QED) is 0.401. The molecule has 0 spiro atoms. The van der Waals surface area contributed by atoms with E-state index in [9.17, 15) is 0 Å². The Labute approximate surface area is 53.5 Å². The smallest absolute Gasteiger partial charge is 0.0411 e. The second-order valence-corrected chi connectivity index (χ2v) is 9.00. The summed E-state index contributed by atoms with van der Waals surface area (Å²) in [7, 11) is -0.611. The molecular weight excluding hydrogens is 83.1 g/mol. The van der Waals surface area contributed by atoms with Gasteiger partial charge >= 0.3 is 0 Å². The molecule has 0 aliphatic rings. The largest absolute Gasteiger partial charge is 0.0697 e. The Morgan fingerprint density at radius 1 is 0.833 bits per heavy atom. The summed E-state index contributed by atoms with van der Waals surface area (Å²) < 4.78 is 0. The summed E-state index contributed by atoms with van der Waals surface area (Å²) in [4.78, 5) is 0. The molecule has 0 aliphatic carbocycles. The maximum atomic E-state index is 2.33. The van der Waals surface area contributed by atoms with Gasteiger partial charge in [0.05, 0.1) is 0 Å². The van der Waals surface area contributed by atoms with Crippen LogP contribution in [0, 0.1) is 0 Å². The van der Waals surface area contributed by atoms with Gasteiger partial charge in [0.2, 0.25) is 0 Å². The molecule has 0 atom stereocenters. The fourth-order valence-corrected chi connectivity index (χ4v) is 0. The van der Waals surface area contributed by atoms with Crippen LogP contribution in [0.1, 0.15) is 0 Å². The molecule has 2 heteroatoms. The normalized spacial score (nSPS) is 10.0. The van der Waals surface area contributed by atoms with E-state index in [0.29, 0.717) is 0 Å².